The van der Waals surface area contributed by atoms with Gasteiger partial charge in [0.05, 0.1) is 10.0 Å². The Bertz CT molecular complexity index is 646. The molecular formula is C14H8BrCl3O2. The summed E-state index contributed by atoms with van der Waals surface area (Å²) in [7, 11) is 0. The lowest BCUT2D eigenvalue weighted by atomic mass is 10.1. The Balaban J connectivity index is 2.19. The number of carbonyl (C=O) groups is 1. The average Bonchev–Trinajstić information content (AvgIpc) is 2.40. The molecule has 0 fully saturated rings. The van der Waals surface area contributed by atoms with Crippen molar-refractivity contribution < 1.29 is 9.53 Å². The van der Waals surface area contributed by atoms with Crippen LogP contribution < -0.4 is 4.74 Å². The zero-order valence-corrected chi connectivity index (χ0v) is 13.8. The van der Waals surface area contributed by atoms with Gasteiger partial charge in [-0.15, -0.1) is 0 Å². The first-order valence-electron chi connectivity index (χ1n) is 5.53. The Morgan fingerprint density at radius 3 is 2.40 bits per heavy atom. The minimum absolute atomic E-state index is 0.273. The van der Waals surface area contributed by atoms with E-state index in [4.69, 9.17) is 39.5 Å². The van der Waals surface area contributed by atoms with Crippen LogP contribution in [-0.4, -0.2) is 10.8 Å². The zero-order chi connectivity index (χ0) is 14.7. The molecule has 2 rings (SSSR count). The molecule has 104 valence electrons. The molecule has 0 N–H and O–H groups in total. The number of ketones is 1. The van der Waals surface area contributed by atoms with Gasteiger partial charge in [-0.05, 0) is 46.3 Å². The summed E-state index contributed by atoms with van der Waals surface area (Å²) in [5.41, 5.74) is 0.324. The van der Waals surface area contributed by atoms with Gasteiger partial charge in [0.15, 0.2) is 0 Å². The minimum atomic E-state index is -0.888. The number of ether oxygens (including phenoxy) is 1. The molecule has 1 atom stereocenters. The average molecular weight is 394 g/mol. The first-order valence-corrected chi connectivity index (χ1v) is 7.58. The van der Waals surface area contributed by atoms with Crippen LogP contribution in [0.4, 0.5) is 0 Å². The maximum absolute atomic E-state index is 12.2. The van der Waals surface area contributed by atoms with Crippen LogP contribution in [0.25, 0.3) is 0 Å². The SMILES string of the molecule is O=C(c1ccc(Cl)cc1Cl)C(Br)Oc1ccccc1Cl. The second kappa shape index (κ2) is 6.81. The minimum Gasteiger partial charge on any atom is -0.469 e. The molecule has 0 saturated heterocycles. The fourth-order valence-electron chi connectivity index (χ4n) is 1.52. The predicted molar refractivity (Wildman–Crippen MR) is 85.6 cm³/mol. The smallest absolute Gasteiger partial charge is 0.215 e. The van der Waals surface area contributed by atoms with Gasteiger partial charge in [-0.25, -0.2) is 0 Å². The molecule has 0 radical (unpaired) electrons. The number of alkyl halides is 1. The molecule has 0 bridgehead atoms. The van der Waals surface area contributed by atoms with E-state index in [0.717, 1.165) is 0 Å². The van der Waals surface area contributed by atoms with Gasteiger partial charge in [-0.2, -0.15) is 0 Å². The van der Waals surface area contributed by atoms with E-state index >= 15 is 0 Å². The van der Waals surface area contributed by atoms with E-state index in [9.17, 15) is 4.79 Å². The first kappa shape index (κ1) is 15.6. The van der Waals surface area contributed by atoms with Crippen molar-refractivity contribution in [2.24, 2.45) is 0 Å². The highest BCUT2D eigenvalue weighted by molar-refractivity contribution is 9.09. The Morgan fingerprint density at radius 2 is 1.75 bits per heavy atom. The summed E-state index contributed by atoms with van der Waals surface area (Å²) < 4.78 is 5.49. The van der Waals surface area contributed by atoms with Crippen molar-refractivity contribution in [3.05, 3.63) is 63.1 Å². The lowest BCUT2D eigenvalue weighted by Gasteiger charge is -2.14. The lowest BCUT2D eigenvalue weighted by molar-refractivity contribution is 0.0897. The van der Waals surface area contributed by atoms with Crippen LogP contribution in [0.2, 0.25) is 15.1 Å². The van der Waals surface area contributed by atoms with Crippen LogP contribution in [0.3, 0.4) is 0 Å². The van der Waals surface area contributed by atoms with Gasteiger partial charge in [0.1, 0.15) is 5.75 Å². The summed E-state index contributed by atoms with van der Waals surface area (Å²) in [5.74, 6) is 0.0982. The van der Waals surface area contributed by atoms with Crippen LogP contribution in [-0.2, 0) is 0 Å². The van der Waals surface area contributed by atoms with E-state index in [0.29, 0.717) is 21.4 Å². The number of halogens is 4. The Hall–Kier alpha value is -0.740. The third kappa shape index (κ3) is 3.67. The highest BCUT2D eigenvalue weighted by Gasteiger charge is 2.22. The molecule has 0 aliphatic rings. The van der Waals surface area contributed by atoms with Crippen LogP contribution in [0.1, 0.15) is 10.4 Å². The van der Waals surface area contributed by atoms with Crippen molar-refractivity contribution in [2.45, 2.75) is 5.01 Å². The number of benzene rings is 2. The molecule has 0 amide bonds. The third-order valence-corrected chi connectivity index (χ3v) is 3.93. The summed E-state index contributed by atoms with van der Waals surface area (Å²) in [4.78, 5) is 12.2. The van der Waals surface area contributed by atoms with E-state index in [1.54, 1.807) is 36.4 Å². The number of para-hydroxylation sites is 1. The molecule has 2 nitrogen and oxygen atoms in total. The van der Waals surface area contributed by atoms with Crippen molar-refractivity contribution in [1.29, 1.82) is 0 Å². The van der Waals surface area contributed by atoms with Gasteiger partial charge in [-0.1, -0.05) is 46.9 Å². The van der Waals surface area contributed by atoms with Gasteiger partial charge >= 0.3 is 0 Å². The third-order valence-electron chi connectivity index (χ3n) is 2.47. The molecule has 0 spiro atoms. The Morgan fingerprint density at radius 1 is 1.05 bits per heavy atom. The molecular weight excluding hydrogens is 386 g/mol. The molecule has 0 saturated carbocycles. The monoisotopic (exact) mass is 392 g/mol. The number of hydrogen-bond acceptors (Lipinski definition) is 2. The van der Waals surface area contributed by atoms with Crippen LogP contribution in [0.5, 0.6) is 5.75 Å². The van der Waals surface area contributed by atoms with Gasteiger partial charge in [0.25, 0.3) is 0 Å². The summed E-state index contributed by atoms with van der Waals surface area (Å²) >= 11 is 20.9. The van der Waals surface area contributed by atoms with Gasteiger partial charge in [0.2, 0.25) is 10.8 Å². The molecule has 0 aliphatic carbocycles. The van der Waals surface area contributed by atoms with E-state index in [2.05, 4.69) is 15.9 Å². The summed E-state index contributed by atoms with van der Waals surface area (Å²) in [5, 5.41) is 0.271. The number of hydrogen-bond donors (Lipinski definition) is 0. The van der Waals surface area contributed by atoms with Crippen LogP contribution >= 0.6 is 50.7 Å². The normalized spacial score (nSPS) is 12.0. The quantitative estimate of drug-likeness (QED) is 0.496. The van der Waals surface area contributed by atoms with Crippen molar-refractivity contribution >= 4 is 56.5 Å². The highest BCUT2D eigenvalue weighted by Crippen LogP contribution is 2.28. The molecule has 0 heterocycles. The van der Waals surface area contributed by atoms with Gasteiger partial charge < -0.3 is 4.74 Å². The Labute approximate surface area is 139 Å². The van der Waals surface area contributed by atoms with Crippen molar-refractivity contribution in [1.82, 2.24) is 0 Å². The van der Waals surface area contributed by atoms with Crippen molar-refractivity contribution in [3.8, 4) is 5.75 Å². The lowest BCUT2D eigenvalue weighted by Crippen LogP contribution is -2.21. The zero-order valence-electron chi connectivity index (χ0n) is 9.95. The highest BCUT2D eigenvalue weighted by atomic mass is 79.9. The van der Waals surface area contributed by atoms with E-state index in [1.807, 2.05) is 0 Å². The molecule has 1 unspecified atom stereocenters. The molecule has 2 aromatic rings. The van der Waals surface area contributed by atoms with Crippen molar-refractivity contribution in [2.75, 3.05) is 0 Å². The van der Waals surface area contributed by atoms with Crippen LogP contribution in [0.15, 0.2) is 42.5 Å². The van der Waals surface area contributed by atoms with Crippen LogP contribution in [0, 0.1) is 0 Å². The number of Topliss-reactive ketones (excluding diaryl/α,β-unsaturated/α-hetero) is 1. The Kier molecular flexibility index (Phi) is 5.33. The molecule has 2 aromatic carbocycles. The number of carbonyl (C=O) groups excluding carboxylic acids is 1. The van der Waals surface area contributed by atoms with E-state index in [-0.39, 0.29) is 10.8 Å². The fourth-order valence-corrected chi connectivity index (χ4v) is 2.65. The van der Waals surface area contributed by atoms with Crippen molar-refractivity contribution in [3.63, 3.8) is 0 Å². The first-order chi connectivity index (χ1) is 9.49. The summed E-state index contributed by atoms with van der Waals surface area (Å²) in [6.07, 6.45) is 0. The molecule has 0 aromatic heterocycles. The van der Waals surface area contributed by atoms with E-state index in [1.165, 1.54) is 6.07 Å². The standard InChI is InChI=1S/C14H8BrCl3O2/c15-14(20-12-4-2-1-3-10(12)17)13(19)9-6-5-8(16)7-11(9)18/h1-7,14H. The molecule has 0 aliphatic heterocycles. The van der Waals surface area contributed by atoms with E-state index < -0.39 is 5.01 Å². The second-order valence-electron chi connectivity index (χ2n) is 3.85. The number of rotatable bonds is 4. The largest absolute Gasteiger partial charge is 0.469 e. The maximum atomic E-state index is 12.2. The summed E-state index contributed by atoms with van der Waals surface area (Å²) in [6, 6.07) is 11.5. The maximum Gasteiger partial charge on any atom is 0.215 e. The second-order valence-corrected chi connectivity index (χ2v) is 5.94. The van der Waals surface area contributed by atoms with Gasteiger partial charge in [0, 0.05) is 10.6 Å². The predicted octanol–water partition coefficient (Wildman–Crippen LogP) is 5.63. The molecule has 6 heteroatoms. The van der Waals surface area contributed by atoms with Gasteiger partial charge in [-0.3, -0.25) is 4.79 Å². The molecule has 20 heavy (non-hydrogen) atoms. The summed E-state index contributed by atoms with van der Waals surface area (Å²) in [6.45, 7) is 0. The topological polar surface area (TPSA) is 26.3 Å². The fraction of sp³-hybridized carbons (Fsp3) is 0.0714.